The van der Waals surface area contributed by atoms with Gasteiger partial charge < -0.3 is 0 Å². The van der Waals surface area contributed by atoms with Gasteiger partial charge in [0.15, 0.2) is 5.78 Å². The van der Waals surface area contributed by atoms with Gasteiger partial charge >= 0.3 is 0 Å². The molecule has 1 aromatic heterocycles. The fraction of sp³-hybridized carbons (Fsp3) is 0.0714. The number of rotatable bonds is 2. The molecule has 2 aromatic rings. The van der Waals surface area contributed by atoms with Gasteiger partial charge in [0.2, 0.25) is 0 Å². The molecule has 0 amide bonds. The second-order valence-corrected chi connectivity index (χ2v) is 3.68. The third-order valence-corrected chi connectivity index (χ3v) is 2.48. The molecule has 1 heterocycles. The van der Waals surface area contributed by atoms with Crippen LogP contribution in [0.5, 0.6) is 0 Å². The van der Waals surface area contributed by atoms with Crippen molar-refractivity contribution >= 4 is 5.78 Å². The largest absolute Gasteiger partial charge is 0.294 e. The van der Waals surface area contributed by atoms with Crippen LogP contribution in [0.3, 0.4) is 0 Å². The summed E-state index contributed by atoms with van der Waals surface area (Å²) in [5.41, 5.74) is 2.73. The fourth-order valence-corrected chi connectivity index (χ4v) is 1.69. The molecule has 0 saturated heterocycles. The Morgan fingerprint density at radius 3 is 2.76 bits per heavy atom. The molecule has 0 saturated carbocycles. The van der Waals surface area contributed by atoms with E-state index in [1.54, 1.807) is 18.3 Å². The number of hydrogen-bond acceptors (Lipinski definition) is 3. The predicted octanol–water partition coefficient (Wildman–Crippen LogP) is 2.82. The number of nitrogens with zero attached hydrogens (tertiary/aromatic N) is 2. The molecular formula is C14H10N2O. The molecule has 0 bridgehead atoms. The number of benzene rings is 1. The SMILES string of the molecule is CC(=O)c1ccccc1-c1cncc(C#N)c1. The normalized spacial score (nSPS) is 9.65. The highest BCUT2D eigenvalue weighted by Crippen LogP contribution is 2.23. The van der Waals surface area contributed by atoms with Crippen LogP contribution in [-0.4, -0.2) is 10.8 Å². The van der Waals surface area contributed by atoms with E-state index in [4.69, 9.17) is 5.26 Å². The minimum Gasteiger partial charge on any atom is -0.294 e. The molecule has 0 spiro atoms. The highest BCUT2D eigenvalue weighted by Gasteiger charge is 2.08. The Morgan fingerprint density at radius 2 is 2.06 bits per heavy atom. The first-order chi connectivity index (χ1) is 8.22. The Hall–Kier alpha value is -2.47. The number of Topliss-reactive ketones (excluding diaryl/α,β-unsaturated/α-hetero) is 1. The first-order valence-electron chi connectivity index (χ1n) is 5.18. The van der Waals surface area contributed by atoms with Crippen molar-refractivity contribution in [3.05, 3.63) is 53.9 Å². The summed E-state index contributed by atoms with van der Waals surface area (Å²) in [5.74, 6) is 0.00274. The van der Waals surface area contributed by atoms with Crippen molar-refractivity contribution in [3.63, 3.8) is 0 Å². The lowest BCUT2D eigenvalue weighted by Crippen LogP contribution is -1.96. The smallest absolute Gasteiger partial charge is 0.160 e. The molecule has 3 heteroatoms. The topological polar surface area (TPSA) is 53.8 Å². The Bertz CT molecular complexity index is 612. The van der Waals surface area contributed by atoms with Gasteiger partial charge in [-0.15, -0.1) is 0 Å². The Labute approximate surface area is 99.4 Å². The van der Waals surface area contributed by atoms with Gasteiger partial charge in [-0.3, -0.25) is 9.78 Å². The van der Waals surface area contributed by atoms with E-state index in [0.29, 0.717) is 11.1 Å². The molecule has 0 unspecified atom stereocenters. The summed E-state index contributed by atoms with van der Waals surface area (Å²) in [6.45, 7) is 1.53. The first kappa shape index (κ1) is 11.0. The zero-order valence-corrected chi connectivity index (χ0v) is 9.34. The van der Waals surface area contributed by atoms with E-state index >= 15 is 0 Å². The molecule has 0 aliphatic heterocycles. The van der Waals surface area contributed by atoms with Crippen molar-refractivity contribution in [3.8, 4) is 17.2 Å². The summed E-state index contributed by atoms with van der Waals surface area (Å²) in [6.07, 6.45) is 3.16. The third kappa shape index (κ3) is 2.21. The average molecular weight is 222 g/mol. The van der Waals surface area contributed by atoms with Gasteiger partial charge in [-0.05, 0) is 18.6 Å². The number of aromatic nitrogens is 1. The zero-order chi connectivity index (χ0) is 12.3. The van der Waals surface area contributed by atoms with Crippen molar-refractivity contribution in [2.24, 2.45) is 0 Å². The van der Waals surface area contributed by atoms with Crippen LogP contribution >= 0.6 is 0 Å². The number of ketones is 1. The van der Waals surface area contributed by atoms with Gasteiger partial charge in [0, 0.05) is 23.5 Å². The maximum absolute atomic E-state index is 11.5. The molecule has 1 aromatic carbocycles. The highest BCUT2D eigenvalue weighted by atomic mass is 16.1. The lowest BCUT2D eigenvalue weighted by atomic mass is 9.98. The highest BCUT2D eigenvalue weighted by molar-refractivity contribution is 6.00. The maximum atomic E-state index is 11.5. The Morgan fingerprint density at radius 1 is 1.29 bits per heavy atom. The molecule has 0 radical (unpaired) electrons. The Balaban J connectivity index is 2.61. The molecule has 82 valence electrons. The third-order valence-electron chi connectivity index (χ3n) is 2.48. The van der Waals surface area contributed by atoms with Crippen LogP contribution < -0.4 is 0 Å². The summed E-state index contributed by atoms with van der Waals surface area (Å²) >= 11 is 0. The van der Waals surface area contributed by atoms with E-state index in [1.165, 1.54) is 13.1 Å². The van der Waals surface area contributed by atoms with Crippen LogP contribution in [0.2, 0.25) is 0 Å². The standard InChI is InChI=1S/C14H10N2O/c1-10(17)13-4-2-3-5-14(13)12-6-11(7-15)8-16-9-12/h2-6,8-9H,1H3. The van der Waals surface area contributed by atoms with Gasteiger partial charge in [0.25, 0.3) is 0 Å². The van der Waals surface area contributed by atoms with Gasteiger partial charge in [-0.25, -0.2) is 0 Å². The first-order valence-corrected chi connectivity index (χ1v) is 5.18. The fourth-order valence-electron chi connectivity index (χ4n) is 1.69. The Kier molecular flexibility index (Phi) is 2.97. The predicted molar refractivity (Wildman–Crippen MR) is 64.4 cm³/mol. The van der Waals surface area contributed by atoms with Crippen molar-refractivity contribution in [2.45, 2.75) is 6.92 Å². The maximum Gasteiger partial charge on any atom is 0.160 e. The van der Waals surface area contributed by atoms with Crippen LogP contribution in [0.1, 0.15) is 22.8 Å². The number of carbonyl (C=O) groups is 1. The second-order valence-electron chi connectivity index (χ2n) is 3.68. The molecule has 2 rings (SSSR count). The monoisotopic (exact) mass is 222 g/mol. The number of carbonyl (C=O) groups excluding carboxylic acids is 1. The van der Waals surface area contributed by atoms with Gasteiger partial charge in [-0.2, -0.15) is 5.26 Å². The average Bonchev–Trinajstić information content (AvgIpc) is 2.39. The molecule has 3 nitrogen and oxygen atoms in total. The number of pyridine rings is 1. The van der Waals surface area contributed by atoms with Gasteiger partial charge in [-0.1, -0.05) is 24.3 Å². The van der Waals surface area contributed by atoms with Crippen LogP contribution in [0.4, 0.5) is 0 Å². The van der Waals surface area contributed by atoms with E-state index in [-0.39, 0.29) is 5.78 Å². The molecule has 0 aliphatic carbocycles. The van der Waals surface area contributed by atoms with Crippen LogP contribution in [0, 0.1) is 11.3 Å². The molecule has 17 heavy (non-hydrogen) atoms. The molecule has 0 N–H and O–H groups in total. The summed E-state index contributed by atoms with van der Waals surface area (Å²) in [4.78, 5) is 15.5. The minimum atomic E-state index is 0.00274. The lowest BCUT2D eigenvalue weighted by molar-refractivity contribution is 0.101. The number of nitriles is 1. The van der Waals surface area contributed by atoms with Crippen molar-refractivity contribution in [1.29, 1.82) is 5.26 Å². The molecule has 0 fully saturated rings. The zero-order valence-electron chi connectivity index (χ0n) is 9.34. The quantitative estimate of drug-likeness (QED) is 0.734. The van der Waals surface area contributed by atoms with E-state index in [1.807, 2.05) is 24.3 Å². The molecule has 0 aliphatic rings. The van der Waals surface area contributed by atoms with Crippen LogP contribution in [0.25, 0.3) is 11.1 Å². The molecular weight excluding hydrogens is 212 g/mol. The van der Waals surface area contributed by atoms with Crippen molar-refractivity contribution in [1.82, 2.24) is 4.98 Å². The van der Waals surface area contributed by atoms with Gasteiger partial charge in [0.05, 0.1) is 5.56 Å². The van der Waals surface area contributed by atoms with Crippen molar-refractivity contribution < 1.29 is 4.79 Å². The van der Waals surface area contributed by atoms with Crippen LogP contribution in [0.15, 0.2) is 42.7 Å². The minimum absolute atomic E-state index is 0.00274. The molecule has 0 atom stereocenters. The lowest BCUT2D eigenvalue weighted by Gasteiger charge is -2.06. The number of hydrogen-bond donors (Lipinski definition) is 0. The summed E-state index contributed by atoms with van der Waals surface area (Å²) in [5, 5.41) is 8.83. The van der Waals surface area contributed by atoms with Crippen molar-refractivity contribution in [2.75, 3.05) is 0 Å². The van der Waals surface area contributed by atoms with E-state index < -0.39 is 0 Å². The summed E-state index contributed by atoms with van der Waals surface area (Å²) < 4.78 is 0. The van der Waals surface area contributed by atoms with Gasteiger partial charge in [0.1, 0.15) is 6.07 Å². The van der Waals surface area contributed by atoms with E-state index in [9.17, 15) is 4.79 Å². The van der Waals surface area contributed by atoms with E-state index in [0.717, 1.165) is 11.1 Å². The summed E-state index contributed by atoms with van der Waals surface area (Å²) in [7, 11) is 0. The second kappa shape index (κ2) is 4.58. The van der Waals surface area contributed by atoms with Crippen LogP contribution in [-0.2, 0) is 0 Å². The summed E-state index contributed by atoms with van der Waals surface area (Å²) in [6, 6.07) is 11.1. The van der Waals surface area contributed by atoms with E-state index in [2.05, 4.69) is 4.98 Å².